The second-order valence-electron chi connectivity index (χ2n) is 5.12. The van der Waals surface area contributed by atoms with Crippen LogP contribution in [0.3, 0.4) is 0 Å². The lowest BCUT2D eigenvalue weighted by Crippen LogP contribution is -2.01. The van der Waals surface area contributed by atoms with Crippen LogP contribution in [0.25, 0.3) is 11.4 Å². The van der Waals surface area contributed by atoms with Gasteiger partial charge in [0, 0.05) is 11.6 Å². The molecule has 0 fully saturated rings. The first-order chi connectivity index (χ1) is 12.0. The number of hydrogen-bond donors (Lipinski definition) is 3. The van der Waals surface area contributed by atoms with Gasteiger partial charge in [0.25, 0.3) is 0 Å². The van der Waals surface area contributed by atoms with Crippen LogP contribution in [0.2, 0.25) is 10.0 Å². The van der Waals surface area contributed by atoms with Gasteiger partial charge in [-0.3, -0.25) is 9.51 Å². The van der Waals surface area contributed by atoms with Crippen molar-refractivity contribution in [3.05, 3.63) is 56.5 Å². The maximum absolute atomic E-state index is 11.1. The van der Waals surface area contributed by atoms with Crippen molar-refractivity contribution in [1.82, 2.24) is 10.1 Å². The quantitative estimate of drug-likeness (QED) is 0.583. The van der Waals surface area contributed by atoms with Gasteiger partial charge < -0.3 is 15.2 Å². The standard InChI is InChI=1S/C16H13Cl2N3O4/c1-24-13-4-8(2-3-10(13)15-20-16(23)25-21-15)7-19-12-6-9(17)5-11(18)14(12)22/h2-6,19,22H,7H2,1H3,(H,20,21,23). The summed E-state index contributed by atoms with van der Waals surface area (Å²) in [6, 6.07) is 8.38. The first-order valence-electron chi connectivity index (χ1n) is 7.13. The highest BCUT2D eigenvalue weighted by Crippen LogP contribution is 2.35. The fourth-order valence-corrected chi connectivity index (χ4v) is 2.78. The van der Waals surface area contributed by atoms with Gasteiger partial charge in [0.1, 0.15) is 5.75 Å². The number of phenolic OH excluding ortho intramolecular Hbond substituents is 1. The molecule has 0 aliphatic rings. The van der Waals surface area contributed by atoms with Crippen molar-refractivity contribution in [2.45, 2.75) is 6.54 Å². The van der Waals surface area contributed by atoms with E-state index in [0.29, 0.717) is 28.6 Å². The van der Waals surface area contributed by atoms with Gasteiger partial charge in [0.05, 0.1) is 23.4 Å². The van der Waals surface area contributed by atoms with Crippen LogP contribution in [0.5, 0.6) is 11.5 Å². The average Bonchev–Trinajstić information content (AvgIpc) is 3.02. The Morgan fingerprint density at radius 2 is 2.12 bits per heavy atom. The molecule has 0 atom stereocenters. The van der Waals surface area contributed by atoms with E-state index in [1.165, 1.54) is 13.2 Å². The van der Waals surface area contributed by atoms with Crippen LogP contribution in [0.1, 0.15) is 5.56 Å². The fraction of sp³-hybridized carbons (Fsp3) is 0.125. The number of hydrogen-bond acceptors (Lipinski definition) is 6. The van der Waals surface area contributed by atoms with E-state index in [9.17, 15) is 9.90 Å². The molecule has 1 aromatic heterocycles. The second-order valence-corrected chi connectivity index (χ2v) is 5.96. The molecular weight excluding hydrogens is 369 g/mol. The van der Waals surface area contributed by atoms with Gasteiger partial charge in [-0.1, -0.05) is 34.4 Å². The zero-order valence-corrected chi connectivity index (χ0v) is 14.5. The Bertz CT molecular complexity index is 968. The molecular formula is C16H13Cl2N3O4. The predicted molar refractivity (Wildman–Crippen MR) is 94.6 cm³/mol. The summed E-state index contributed by atoms with van der Waals surface area (Å²) in [5, 5.41) is 17.2. The lowest BCUT2D eigenvalue weighted by Gasteiger charge is -2.12. The van der Waals surface area contributed by atoms with Crippen molar-refractivity contribution in [2.24, 2.45) is 0 Å². The van der Waals surface area contributed by atoms with Crippen molar-refractivity contribution in [1.29, 1.82) is 0 Å². The fourth-order valence-electron chi connectivity index (χ4n) is 2.29. The molecule has 3 aromatic rings. The van der Waals surface area contributed by atoms with Gasteiger partial charge in [-0.25, -0.2) is 4.79 Å². The molecule has 0 saturated carbocycles. The van der Waals surface area contributed by atoms with E-state index in [4.69, 9.17) is 27.9 Å². The zero-order chi connectivity index (χ0) is 18.0. The van der Waals surface area contributed by atoms with Crippen molar-refractivity contribution in [3.8, 4) is 22.9 Å². The number of aromatic nitrogens is 2. The maximum Gasteiger partial charge on any atom is 0.439 e. The number of ether oxygens (including phenoxy) is 1. The Kier molecular flexibility index (Phi) is 4.87. The Labute approximate surface area is 152 Å². The highest BCUT2D eigenvalue weighted by atomic mass is 35.5. The predicted octanol–water partition coefficient (Wildman–Crippen LogP) is 3.66. The van der Waals surface area contributed by atoms with Crippen LogP contribution in [-0.4, -0.2) is 22.4 Å². The normalized spacial score (nSPS) is 10.7. The summed E-state index contributed by atoms with van der Waals surface area (Å²) in [5.41, 5.74) is 1.87. The van der Waals surface area contributed by atoms with Crippen LogP contribution >= 0.6 is 23.2 Å². The molecule has 1 heterocycles. The Morgan fingerprint density at radius 3 is 2.80 bits per heavy atom. The number of halogens is 2. The van der Waals surface area contributed by atoms with Crippen LogP contribution in [0.4, 0.5) is 5.69 Å². The molecule has 9 heteroatoms. The van der Waals surface area contributed by atoms with Crippen molar-refractivity contribution in [3.63, 3.8) is 0 Å². The third kappa shape index (κ3) is 3.72. The molecule has 2 aromatic carbocycles. The number of methoxy groups -OCH3 is 1. The van der Waals surface area contributed by atoms with E-state index in [0.717, 1.165) is 5.56 Å². The molecule has 3 rings (SSSR count). The van der Waals surface area contributed by atoms with Crippen LogP contribution in [0, 0.1) is 0 Å². The number of aromatic hydroxyl groups is 1. The lowest BCUT2D eigenvalue weighted by atomic mass is 10.1. The number of aromatic amines is 1. The van der Waals surface area contributed by atoms with E-state index in [1.807, 2.05) is 6.07 Å². The number of anilines is 1. The molecule has 7 nitrogen and oxygen atoms in total. The van der Waals surface area contributed by atoms with E-state index >= 15 is 0 Å². The van der Waals surface area contributed by atoms with Gasteiger partial charge in [-0.2, -0.15) is 0 Å². The summed E-state index contributed by atoms with van der Waals surface area (Å²) in [5.74, 6) is 0.0729. The SMILES string of the molecule is COc1cc(CNc2cc(Cl)cc(Cl)c2O)ccc1-c1noc(=O)[nH]1. The van der Waals surface area contributed by atoms with Crippen LogP contribution in [0.15, 0.2) is 39.6 Å². The minimum Gasteiger partial charge on any atom is -0.504 e. The minimum absolute atomic E-state index is 0.0742. The van der Waals surface area contributed by atoms with Crippen molar-refractivity contribution in [2.75, 3.05) is 12.4 Å². The summed E-state index contributed by atoms with van der Waals surface area (Å²) in [6.45, 7) is 0.385. The van der Waals surface area contributed by atoms with Gasteiger partial charge in [-0.15, -0.1) is 0 Å². The molecule has 3 N–H and O–H groups in total. The second kappa shape index (κ2) is 7.08. The van der Waals surface area contributed by atoms with E-state index in [-0.39, 0.29) is 16.6 Å². The number of benzene rings is 2. The van der Waals surface area contributed by atoms with Gasteiger partial charge in [0.15, 0.2) is 11.6 Å². The van der Waals surface area contributed by atoms with Crippen LogP contribution in [-0.2, 0) is 6.54 Å². The van der Waals surface area contributed by atoms with Gasteiger partial charge in [-0.05, 0) is 29.8 Å². The molecule has 0 saturated heterocycles. The van der Waals surface area contributed by atoms with Crippen LogP contribution < -0.4 is 15.8 Å². The molecule has 0 amide bonds. The molecule has 130 valence electrons. The Balaban J connectivity index is 1.83. The Hall–Kier alpha value is -2.64. The van der Waals surface area contributed by atoms with Crippen molar-refractivity contribution >= 4 is 28.9 Å². The smallest absolute Gasteiger partial charge is 0.439 e. The maximum atomic E-state index is 11.1. The van der Waals surface area contributed by atoms with Gasteiger partial charge in [0.2, 0.25) is 0 Å². The third-order valence-corrected chi connectivity index (χ3v) is 3.98. The average molecular weight is 382 g/mol. The monoisotopic (exact) mass is 381 g/mol. The van der Waals surface area contributed by atoms with Crippen molar-refractivity contribution < 1.29 is 14.4 Å². The largest absolute Gasteiger partial charge is 0.504 e. The van der Waals surface area contributed by atoms with E-state index in [2.05, 4.69) is 20.0 Å². The summed E-state index contributed by atoms with van der Waals surface area (Å²) >= 11 is 11.8. The molecule has 0 radical (unpaired) electrons. The molecule has 0 aliphatic carbocycles. The Morgan fingerprint density at radius 1 is 1.32 bits per heavy atom. The molecule has 25 heavy (non-hydrogen) atoms. The summed E-state index contributed by atoms with van der Waals surface area (Å²) < 4.78 is 9.85. The topological polar surface area (TPSA) is 100 Å². The summed E-state index contributed by atoms with van der Waals surface area (Å²) in [6.07, 6.45) is 0. The molecule has 0 spiro atoms. The number of nitrogens with one attached hydrogen (secondary N) is 2. The highest BCUT2D eigenvalue weighted by molar-refractivity contribution is 6.36. The molecule has 0 bridgehead atoms. The summed E-state index contributed by atoms with van der Waals surface area (Å²) in [7, 11) is 1.51. The first-order valence-corrected chi connectivity index (χ1v) is 7.88. The number of H-pyrrole nitrogens is 1. The number of rotatable bonds is 5. The van der Waals surface area contributed by atoms with Gasteiger partial charge >= 0.3 is 5.76 Å². The highest BCUT2D eigenvalue weighted by Gasteiger charge is 2.12. The zero-order valence-electron chi connectivity index (χ0n) is 13.0. The minimum atomic E-state index is -0.642. The van der Waals surface area contributed by atoms with E-state index < -0.39 is 5.76 Å². The first kappa shape index (κ1) is 17.2. The van der Waals surface area contributed by atoms with E-state index in [1.54, 1.807) is 18.2 Å². The summed E-state index contributed by atoms with van der Waals surface area (Å²) in [4.78, 5) is 13.6. The lowest BCUT2D eigenvalue weighted by molar-refractivity contribution is 0.386. The number of phenols is 1. The molecule has 0 unspecified atom stereocenters. The third-order valence-electron chi connectivity index (χ3n) is 3.47. The number of nitrogens with zero attached hydrogens (tertiary/aromatic N) is 1. The molecule has 0 aliphatic heterocycles.